The van der Waals surface area contributed by atoms with E-state index in [0.717, 1.165) is 49.6 Å². The van der Waals surface area contributed by atoms with Gasteiger partial charge in [0.05, 0.1) is 50.6 Å². The molecule has 1 amide bonds. The molecular weight excluding hydrogens is 510 g/mol. The highest BCUT2D eigenvalue weighted by molar-refractivity contribution is 7.92. The number of carbonyl (C=O) groups excluding carboxylic acids is 1. The van der Waals surface area contributed by atoms with Gasteiger partial charge in [0.2, 0.25) is 10.0 Å². The molecule has 2 aliphatic heterocycles. The monoisotopic (exact) mass is 547 g/mol. The molecule has 4 rings (SSSR count). The van der Waals surface area contributed by atoms with Crippen LogP contribution in [-0.2, 0) is 14.8 Å². The molecule has 0 atom stereocenters. The number of benzene rings is 1. The van der Waals surface area contributed by atoms with E-state index in [1.807, 2.05) is 19.1 Å². The Bertz CT molecular complexity index is 1220. The average molecular weight is 548 g/mol. The van der Waals surface area contributed by atoms with Crippen molar-refractivity contribution in [3.05, 3.63) is 41.5 Å². The Morgan fingerprint density at radius 1 is 1.08 bits per heavy atom. The van der Waals surface area contributed by atoms with Gasteiger partial charge in [0.1, 0.15) is 11.6 Å². The summed E-state index contributed by atoms with van der Waals surface area (Å²) in [7, 11) is -4.96. The fraction of sp³-hybridized carbons (Fsp3) is 0.520. The number of aliphatic hydroxyl groups is 1. The van der Waals surface area contributed by atoms with Crippen molar-refractivity contribution in [1.29, 1.82) is 0 Å². The fourth-order valence-electron chi connectivity index (χ4n) is 4.60. The number of morpholine rings is 1. The molecule has 2 fully saturated rings. The van der Waals surface area contributed by atoms with E-state index in [4.69, 9.17) is 9.84 Å². The van der Waals surface area contributed by atoms with E-state index in [2.05, 4.69) is 37.9 Å². The van der Waals surface area contributed by atoms with Gasteiger partial charge >= 0.3 is 0 Å². The van der Waals surface area contributed by atoms with Gasteiger partial charge in [-0.1, -0.05) is 13.1 Å². The molecule has 0 aliphatic carbocycles. The Kier molecular flexibility index (Phi) is 8.41. The van der Waals surface area contributed by atoms with Gasteiger partial charge in [-0.2, -0.15) is 0 Å². The fourth-order valence-corrected chi connectivity index (χ4v) is 7.43. The summed E-state index contributed by atoms with van der Waals surface area (Å²) < 4.78 is 32.5. The second-order valence-corrected chi connectivity index (χ2v) is 17.6. The lowest BCUT2D eigenvalue weighted by Gasteiger charge is -2.38. The summed E-state index contributed by atoms with van der Waals surface area (Å²) in [5, 5.41) is 12.0. The van der Waals surface area contributed by atoms with Crippen LogP contribution in [0.5, 0.6) is 0 Å². The molecule has 12 heteroatoms. The number of nitrogens with one attached hydrogen (secondary N) is 2. The molecule has 202 valence electrons. The third-order valence-corrected chi connectivity index (χ3v) is 11.3. The summed E-state index contributed by atoms with van der Waals surface area (Å²) >= 11 is 0. The third kappa shape index (κ3) is 7.22. The van der Waals surface area contributed by atoms with Crippen LogP contribution in [0.3, 0.4) is 0 Å². The molecule has 1 aromatic carbocycles. The first-order valence-electron chi connectivity index (χ1n) is 12.7. The number of carbonyl (C=O) groups is 1. The molecule has 10 nitrogen and oxygen atoms in total. The minimum Gasteiger partial charge on any atom is -0.395 e. The molecule has 2 aliphatic rings. The highest BCUT2D eigenvalue weighted by Gasteiger charge is 2.29. The molecule has 0 spiro atoms. The molecule has 0 unspecified atom stereocenters. The van der Waals surface area contributed by atoms with Gasteiger partial charge in [-0.05, 0) is 54.9 Å². The first-order chi connectivity index (χ1) is 17.5. The SMILES string of the molecule is Cc1cc(NC(=O)c2ccc(NS(=O)(=O)CCO)cc2N2CC[Si](C)(C)CC2)nc(N2CCOCC2)c1. The summed E-state index contributed by atoms with van der Waals surface area (Å²) in [6, 6.07) is 11.0. The van der Waals surface area contributed by atoms with Gasteiger partial charge in [-0.25, -0.2) is 13.4 Å². The van der Waals surface area contributed by atoms with Crippen LogP contribution in [0.4, 0.5) is 23.0 Å². The molecule has 0 bridgehead atoms. The predicted molar refractivity (Wildman–Crippen MR) is 150 cm³/mol. The summed E-state index contributed by atoms with van der Waals surface area (Å²) in [6.07, 6.45) is 0. The topological polar surface area (TPSA) is 124 Å². The largest absolute Gasteiger partial charge is 0.395 e. The lowest BCUT2D eigenvalue weighted by atomic mass is 10.1. The van der Waals surface area contributed by atoms with Crippen molar-refractivity contribution >= 4 is 47.0 Å². The maximum absolute atomic E-state index is 13.5. The second-order valence-electron chi connectivity index (χ2n) is 10.5. The first kappa shape index (κ1) is 27.4. The molecule has 0 radical (unpaired) electrons. The van der Waals surface area contributed by atoms with Crippen molar-refractivity contribution < 1.29 is 23.1 Å². The van der Waals surface area contributed by atoms with E-state index in [-0.39, 0.29) is 5.91 Å². The highest BCUT2D eigenvalue weighted by atomic mass is 32.2. The number of sulfonamides is 1. The molecule has 2 saturated heterocycles. The van der Waals surface area contributed by atoms with Crippen LogP contribution < -0.4 is 19.8 Å². The minimum absolute atomic E-state index is 0.298. The Hall–Kier alpha value is -2.67. The highest BCUT2D eigenvalue weighted by Crippen LogP contribution is 2.32. The number of pyridine rings is 1. The lowest BCUT2D eigenvalue weighted by Crippen LogP contribution is -2.43. The van der Waals surface area contributed by atoms with E-state index < -0.39 is 30.5 Å². The van der Waals surface area contributed by atoms with Gasteiger partial charge in [-0.15, -0.1) is 0 Å². The molecule has 1 aromatic heterocycles. The number of aromatic nitrogens is 1. The number of anilines is 4. The van der Waals surface area contributed by atoms with Crippen LogP contribution in [0.25, 0.3) is 0 Å². The zero-order valence-electron chi connectivity index (χ0n) is 21.8. The summed E-state index contributed by atoms with van der Waals surface area (Å²) in [5.74, 6) is 0.583. The summed E-state index contributed by atoms with van der Waals surface area (Å²) in [4.78, 5) is 22.5. The molecule has 2 aromatic rings. The van der Waals surface area contributed by atoms with E-state index >= 15 is 0 Å². The van der Waals surface area contributed by atoms with Gasteiger partial charge in [0.25, 0.3) is 5.91 Å². The Morgan fingerprint density at radius 2 is 1.78 bits per heavy atom. The molecule has 0 saturated carbocycles. The zero-order valence-corrected chi connectivity index (χ0v) is 23.6. The minimum atomic E-state index is -3.69. The van der Waals surface area contributed by atoms with Crippen LogP contribution in [-0.4, -0.2) is 84.2 Å². The maximum atomic E-state index is 13.5. The van der Waals surface area contributed by atoms with Crippen molar-refractivity contribution in [2.75, 3.05) is 71.6 Å². The molecule has 3 N–H and O–H groups in total. The van der Waals surface area contributed by atoms with E-state index in [0.29, 0.717) is 36.0 Å². The van der Waals surface area contributed by atoms with Crippen molar-refractivity contribution in [2.45, 2.75) is 32.1 Å². The van der Waals surface area contributed by atoms with Crippen molar-refractivity contribution in [1.82, 2.24) is 4.98 Å². The van der Waals surface area contributed by atoms with Crippen molar-refractivity contribution in [3.8, 4) is 0 Å². The van der Waals surface area contributed by atoms with E-state index in [1.165, 1.54) is 0 Å². The summed E-state index contributed by atoms with van der Waals surface area (Å²) in [5.41, 5.74) is 2.50. The number of ether oxygens (including phenoxy) is 1. The van der Waals surface area contributed by atoms with Gasteiger partial charge in [0.15, 0.2) is 0 Å². The Balaban J connectivity index is 1.61. The normalized spacial score (nSPS) is 17.9. The van der Waals surface area contributed by atoms with Crippen LogP contribution in [0.15, 0.2) is 30.3 Å². The zero-order chi connectivity index (χ0) is 26.6. The van der Waals surface area contributed by atoms with Crippen LogP contribution in [0.1, 0.15) is 15.9 Å². The summed E-state index contributed by atoms with van der Waals surface area (Å²) in [6.45, 7) is 10.7. The second kappa shape index (κ2) is 11.4. The Morgan fingerprint density at radius 3 is 2.46 bits per heavy atom. The number of hydrogen-bond donors (Lipinski definition) is 3. The molecule has 3 heterocycles. The van der Waals surface area contributed by atoms with E-state index in [9.17, 15) is 13.2 Å². The number of aliphatic hydroxyl groups excluding tert-OH is 1. The first-order valence-corrected chi connectivity index (χ1v) is 17.7. The van der Waals surface area contributed by atoms with E-state index in [1.54, 1.807) is 18.2 Å². The third-order valence-electron chi connectivity index (χ3n) is 6.87. The predicted octanol–water partition coefficient (Wildman–Crippen LogP) is 2.74. The quantitative estimate of drug-likeness (QED) is 0.431. The number of rotatable bonds is 8. The van der Waals surface area contributed by atoms with Gasteiger partial charge < -0.3 is 25.0 Å². The van der Waals surface area contributed by atoms with Crippen molar-refractivity contribution in [2.24, 2.45) is 0 Å². The van der Waals surface area contributed by atoms with Crippen LogP contribution in [0.2, 0.25) is 25.2 Å². The smallest absolute Gasteiger partial charge is 0.258 e. The van der Waals surface area contributed by atoms with Crippen LogP contribution >= 0.6 is 0 Å². The van der Waals surface area contributed by atoms with Crippen LogP contribution in [0, 0.1) is 6.92 Å². The molecular formula is C25H37N5O5SSi. The Labute approximate surface area is 220 Å². The average Bonchev–Trinajstić information content (AvgIpc) is 2.84. The number of hydrogen-bond acceptors (Lipinski definition) is 8. The maximum Gasteiger partial charge on any atom is 0.258 e. The molecule has 37 heavy (non-hydrogen) atoms. The van der Waals surface area contributed by atoms with Gasteiger partial charge in [0, 0.05) is 26.2 Å². The number of nitrogens with zero attached hydrogens (tertiary/aromatic N) is 3. The standard InChI is InChI=1S/C25H37N5O5SSi/c1-19-16-23(26-24(17-19)30-6-11-35-12-7-30)27-25(32)21-5-4-20(28-36(33,34)13-10-31)18-22(21)29-8-14-37(2,3)15-9-29/h4-5,16-18,28,31H,6-15H2,1-3H3,(H,26,27,32). The lowest BCUT2D eigenvalue weighted by molar-refractivity contribution is 0.102. The number of aryl methyl sites for hydroxylation is 1. The van der Waals surface area contributed by atoms with Gasteiger partial charge in [-0.3, -0.25) is 9.52 Å². The number of amides is 1. The van der Waals surface area contributed by atoms with Crippen molar-refractivity contribution in [3.63, 3.8) is 0 Å².